The Bertz CT molecular complexity index is 1430. The fourth-order valence-corrected chi connectivity index (χ4v) is 4.19. The number of carbonyl (C=O) groups excluding carboxylic acids is 2. The Hall–Kier alpha value is -4.84. The number of anilines is 2. The topological polar surface area (TPSA) is 67.9 Å². The van der Waals surface area contributed by atoms with E-state index < -0.39 is 6.10 Å². The summed E-state index contributed by atoms with van der Waals surface area (Å²) in [6, 6.07) is 32.6. The van der Waals surface area contributed by atoms with E-state index in [4.69, 9.17) is 9.47 Å². The van der Waals surface area contributed by atoms with Crippen molar-refractivity contribution in [3.63, 3.8) is 0 Å². The van der Waals surface area contributed by atoms with Crippen molar-refractivity contribution in [1.29, 1.82) is 0 Å². The standard InChI is InChI=1S/C32H28N2O4/c1-23-32(36)34(21-25-8-4-2-5-9-25)29-20-27(15-18-30(29)38-23)33-31(35)19-14-24-12-16-28(17-13-24)37-22-26-10-6-3-7-11-26/h2-20,23H,21-22H2,1H3,(H,33,35)/b19-14+. The molecule has 4 aromatic carbocycles. The van der Waals surface area contributed by atoms with Gasteiger partial charge in [0.2, 0.25) is 5.91 Å². The van der Waals surface area contributed by atoms with Crippen LogP contribution in [0.2, 0.25) is 0 Å². The normalized spacial score (nSPS) is 14.6. The third kappa shape index (κ3) is 6.10. The van der Waals surface area contributed by atoms with Crippen LogP contribution in [0, 0.1) is 0 Å². The predicted octanol–water partition coefficient (Wildman–Crippen LogP) is 6.23. The second-order valence-corrected chi connectivity index (χ2v) is 9.02. The molecule has 0 aliphatic carbocycles. The van der Waals surface area contributed by atoms with Gasteiger partial charge in [-0.25, -0.2) is 0 Å². The van der Waals surface area contributed by atoms with Crippen LogP contribution in [0.5, 0.6) is 11.5 Å². The highest BCUT2D eigenvalue weighted by molar-refractivity contribution is 6.04. The van der Waals surface area contributed by atoms with Crippen molar-refractivity contribution in [2.24, 2.45) is 0 Å². The lowest BCUT2D eigenvalue weighted by atomic mass is 10.1. The molecule has 4 aromatic rings. The van der Waals surface area contributed by atoms with Crippen LogP contribution in [-0.4, -0.2) is 17.9 Å². The fourth-order valence-electron chi connectivity index (χ4n) is 4.19. The van der Waals surface area contributed by atoms with E-state index in [1.807, 2.05) is 84.9 Å². The van der Waals surface area contributed by atoms with Gasteiger partial charge in [-0.1, -0.05) is 72.8 Å². The van der Waals surface area contributed by atoms with Crippen molar-refractivity contribution in [1.82, 2.24) is 0 Å². The van der Waals surface area contributed by atoms with Crippen LogP contribution in [-0.2, 0) is 22.7 Å². The van der Waals surface area contributed by atoms with Gasteiger partial charge >= 0.3 is 0 Å². The maximum atomic E-state index is 12.9. The molecule has 2 amide bonds. The van der Waals surface area contributed by atoms with Crippen molar-refractivity contribution >= 4 is 29.3 Å². The van der Waals surface area contributed by atoms with Gasteiger partial charge in [-0.3, -0.25) is 9.59 Å². The first kappa shape index (κ1) is 24.8. The Labute approximate surface area is 222 Å². The van der Waals surface area contributed by atoms with E-state index in [1.54, 1.807) is 36.1 Å². The minimum absolute atomic E-state index is 0.124. The molecule has 0 fully saturated rings. The third-order valence-electron chi connectivity index (χ3n) is 6.17. The molecule has 190 valence electrons. The van der Waals surface area contributed by atoms with Crippen LogP contribution in [0.4, 0.5) is 11.4 Å². The highest BCUT2D eigenvalue weighted by atomic mass is 16.5. The lowest BCUT2D eigenvalue weighted by Gasteiger charge is -2.33. The van der Waals surface area contributed by atoms with Crippen molar-refractivity contribution in [2.45, 2.75) is 26.2 Å². The average molecular weight is 505 g/mol. The van der Waals surface area contributed by atoms with E-state index in [0.29, 0.717) is 30.3 Å². The van der Waals surface area contributed by atoms with Crippen LogP contribution in [0.25, 0.3) is 6.08 Å². The Morgan fingerprint density at radius 1 is 0.921 bits per heavy atom. The number of nitrogens with zero attached hydrogens (tertiary/aromatic N) is 1. The summed E-state index contributed by atoms with van der Waals surface area (Å²) in [7, 11) is 0. The first-order valence-corrected chi connectivity index (χ1v) is 12.5. The lowest BCUT2D eigenvalue weighted by Crippen LogP contribution is -2.44. The quantitative estimate of drug-likeness (QED) is 0.289. The number of hydrogen-bond donors (Lipinski definition) is 1. The Balaban J connectivity index is 1.23. The van der Waals surface area contributed by atoms with Gasteiger partial charge < -0.3 is 19.7 Å². The highest BCUT2D eigenvalue weighted by Crippen LogP contribution is 2.37. The summed E-state index contributed by atoms with van der Waals surface area (Å²) < 4.78 is 11.6. The predicted molar refractivity (Wildman–Crippen MR) is 149 cm³/mol. The molecule has 1 aliphatic rings. The maximum absolute atomic E-state index is 12.9. The first-order chi connectivity index (χ1) is 18.5. The molecule has 0 bridgehead atoms. The Morgan fingerprint density at radius 3 is 2.32 bits per heavy atom. The van der Waals surface area contributed by atoms with Gasteiger partial charge in [-0.05, 0) is 60.0 Å². The van der Waals surface area contributed by atoms with Crippen LogP contribution in [0.15, 0.2) is 109 Å². The summed E-state index contributed by atoms with van der Waals surface area (Å²) in [6.07, 6.45) is 2.64. The molecule has 0 radical (unpaired) electrons. The summed E-state index contributed by atoms with van der Waals surface area (Å²) in [4.78, 5) is 27.3. The largest absolute Gasteiger partial charge is 0.489 e. The average Bonchev–Trinajstić information content (AvgIpc) is 2.95. The minimum Gasteiger partial charge on any atom is -0.489 e. The van der Waals surface area contributed by atoms with Crippen molar-refractivity contribution < 1.29 is 19.1 Å². The van der Waals surface area contributed by atoms with Gasteiger partial charge in [0, 0.05) is 11.8 Å². The summed E-state index contributed by atoms with van der Waals surface area (Å²) in [5.74, 6) is 0.966. The molecule has 0 saturated heterocycles. The number of rotatable bonds is 8. The molecule has 0 spiro atoms. The SMILES string of the molecule is CC1Oc2ccc(NC(=O)/C=C/c3ccc(OCc4ccccc4)cc3)cc2N(Cc2ccccc2)C1=O. The number of hydrogen-bond acceptors (Lipinski definition) is 4. The molecule has 1 aliphatic heterocycles. The van der Waals surface area contributed by atoms with Gasteiger partial charge in [0.15, 0.2) is 6.10 Å². The zero-order valence-corrected chi connectivity index (χ0v) is 21.0. The molecule has 1 heterocycles. The van der Waals surface area contributed by atoms with E-state index in [2.05, 4.69) is 5.32 Å². The van der Waals surface area contributed by atoms with E-state index in [1.165, 1.54) is 6.08 Å². The van der Waals surface area contributed by atoms with Crippen molar-refractivity contribution in [3.8, 4) is 11.5 Å². The van der Waals surface area contributed by atoms with Crippen LogP contribution >= 0.6 is 0 Å². The van der Waals surface area contributed by atoms with Crippen molar-refractivity contribution in [2.75, 3.05) is 10.2 Å². The lowest BCUT2D eigenvalue weighted by molar-refractivity contribution is -0.125. The summed E-state index contributed by atoms with van der Waals surface area (Å²) in [5.41, 5.74) is 4.19. The first-order valence-electron chi connectivity index (χ1n) is 12.5. The zero-order valence-electron chi connectivity index (χ0n) is 21.0. The molecule has 0 aromatic heterocycles. The number of fused-ring (bicyclic) bond motifs is 1. The number of amides is 2. The molecule has 1 unspecified atom stereocenters. The second-order valence-electron chi connectivity index (χ2n) is 9.02. The summed E-state index contributed by atoms with van der Waals surface area (Å²) in [6.45, 7) is 2.66. The molecule has 6 nitrogen and oxygen atoms in total. The van der Waals surface area contributed by atoms with Crippen LogP contribution in [0.1, 0.15) is 23.6 Å². The summed E-state index contributed by atoms with van der Waals surface area (Å²) in [5, 5.41) is 2.88. The maximum Gasteiger partial charge on any atom is 0.268 e. The molecular formula is C32H28N2O4. The van der Waals surface area contributed by atoms with Crippen LogP contribution in [0.3, 0.4) is 0 Å². The number of ether oxygens (including phenoxy) is 2. The zero-order chi connectivity index (χ0) is 26.3. The van der Waals surface area contributed by atoms with Crippen LogP contribution < -0.4 is 19.7 Å². The molecule has 38 heavy (non-hydrogen) atoms. The van der Waals surface area contributed by atoms with Gasteiger partial charge in [-0.15, -0.1) is 0 Å². The van der Waals surface area contributed by atoms with Gasteiger partial charge in [0.25, 0.3) is 5.91 Å². The number of benzene rings is 4. The third-order valence-corrected chi connectivity index (χ3v) is 6.17. The molecular weight excluding hydrogens is 476 g/mol. The summed E-state index contributed by atoms with van der Waals surface area (Å²) >= 11 is 0. The van der Waals surface area contributed by atoms with E-state index >= 15 is 0 Å². The minimum atomic E-state index is -0.579. The van der Waals surface area contributed by atoms with E-state index in [-0.39, 0.29) is 11.8 Å². The smallest absolute Gasteiger partial charge is 0.268 e. The van der Waals surface area contributed by atoms with Gasteiger partial charge in [0.05, 0.1) is 12.2 Å². The van der Waals surface area contributed by atoms with Crippen molar-refractivity contribution in [3.05, 3.63) is 126 Å². The Morgan fingerprint density at radius 2 is 1.61 bits per heavy atom. The van der Waals surface area contributed by atoms with E-state index in [0.717, 1.165) is 22.4 Å². The molecule has 6 heteroatoms. The second kappa shape index (κ2) is 11.5. The molecule has 5 rings (SSSR count). The van der Waals surface area contributed by atoms with Gasteiger partial charge in [0.1, 0.15) is 18.1 Å². The number of nitrogens with one attached hydrogen (secondary N) is 1. The fraction of sp³-hybridized carbons (Fsp3) is 0.125. The highest BCUT2D eigenvalue weighted by Gasteiger charge is 2.31. The monoisotopic (exact) mass is 504 g/mol. The number of carbonyl (C=O) groups is 2. The van der Waals surface area contributed by atoms with E-state index in [9.17, 15) is 9.59 Å². The molecule has 0 saturated carbocycles. The Kier molecular flexibility index (Phi) is 7.50. The molecule has 1 N–H and O–H groups in total. The van der Waals surface area contributed by atoms with Gasteiger partial charge in [-0.2, -0.15) is 0 Å². The molecule has 1 atom stereocenters.